The highest BCUT2D eigenvalue weighted by Crippen LogP contribution is 2.33. The molecule has 2 rings (SSSR count). The Labute approximate surface area is 74.9 Å². The molecule has 2 aliphatic rings. The minimum atomic E-state index is 0.255. The molecule has 1 spiro atoms. The highest BCUT2D eigenvalue weighted by Gasteiger charge is 2.36. The van der Waals surface area contributed by atoms with E-state index in [1.54, 1.807) is 0 Å². The van der Waals surface area contributed by atoms with Gasteiger partial charge in [-0.3, -0.25) is 0 Å². The number of likely N-dealkylation sites (N-methyl/N-ethyl adjacent to an activating group) is 1. The van der Waals surface area contributed by atoms with Gasteiger partial charge in [0.2, 0.25) is 0 Å². The summed E-state index contributed by atoms with van der Waals surface area (Å²) < 4.78 is 5.89. The zero-order chi connectivity index (χ0) is 8.44. The number of rotatable bonds is 0. The Morgan fingerprint density at radius 1 is 1.17 bits per heavy atom. The van der Waals surface area contributed by atoms with Gasteiger partial charge in [0, 0.05) is 13.2 Å². The topological polar surface area (TPSA) is 12.5 Å². The summed E-state index contributed by atoms with van der Waals surface area (Å²) in [5, 5.41) is 0. The van der Waals surface area contributed by atoms with Crippen molar-refractivity contribution < 1.29 is 4.74 Å². The van der Waals surface area contributed by atoms with Crippen LogP contribution in [0.1, 0.15) is 32.1 Å². The Morgan fingerprint density at radius 2 is 2.00 bits per heavy atom. The number of likely N-dealkylation sites (tertiary alicyclic amines) is 1. The summed E-state index contributed by atoms with van der Waals surface area (Å²) in [6.07, 6.45) is 6.55. The molecule has 2 heteroatoms. The average molecular weight is 169 g/mol. The first kappa shape index (κ1) is 8.52. The molecule has 1 atom stereocenters. The van der Waals surface area contributed by atoms with Crippen molar-refractivity contribution in [1.29, 1.82) is 0 Å². The first-order chi connectivity index (χ1) is 5.81. The lowest BCUT2D eigenvalue weighted by Gasteiger charge is -2.29. The molecule has 0 aromatic rings. The Balaban J connectivity index is 2.02. The SMILES string of the molecule is CN1CCCCC2(CCCO2)C1. The first-order valence-corrected chi connectivity index (χ1v) is 5.13. The van der Waals surface area contributed by atoms with Crippen LogP contribution >= 0.6 is 0 Å². The molecule has 0 bridgehead atoms. The van der Waals surface area contributed by atoms with Crippen molar-refractivity contribution in [1.82, 2.24) is 4.90 Å². The first-order valence-electron chi connectivity index (χ1n) is 5.13. The van der Waals surface area contributed by atoms with Crippen LogP contribution in [0.5, 0.6) is 0 Å². The Bertz CT molecular complexity index is 152. The molecule has 70 valence electrons. The van der Waals surface area contributed by atoms with E-state index in [0.717, 1.165) is 13.2 Å². The van der Waals surface area contributed by atoms with Crippen LogP contribution in [0, 0.1) is 0 Å². The summed E-state index contributed by atoms with van der Waals surface area (Å²) in [7, 11) is 2.22. The summed E-state index contributed by atoms with van der Waals surface area (Å²) in [5.74, 6) is 0. The molecular formula is C10H19NO. The van der Waals surface area contributed by atoms with Crippen molar-refractivity contribution >= 4 is 0 Å². The largest absolute Gasteiger partial charge is 0.374 e. The quantitative estimate of drug-likeness (QED) is 0.546. The van der Waals surface area contributed by atoms with Crippen LogP contribution in [0.25, 0.3) is 0 Å². The second-order valence-electron chi connectivity index (χ2n) is 4.33. The highest BCUT2D eigenvalue weighted by molar-refractivity contribution is 4.89. The summed E-state index contributed by atoms with van der Waals surface area (Å²) >= 11 is 0. The fraction of sp³-hybridized carbons (Fsp3) is 1.00. The highest BCUT2D eigenvalue weighted by atomic mass is 16.5. The molecule has 2 fully saturated rings. The number of hydrogen-bond acceptors (Lipinski definition) is 2. The number of nitrogens with zero attached hydrogens (tertiary/aromatic N) is 1. The van der Waals surface area contributed by atoms with Crippen molar-refractivity contribution in [2.45, 2.75) is 37.7 Å². The van der Waals surface area contributed by atoms with Crippen LogP contribution in [-0.4, -0.2) is 37.2 Å². The molecule has 0 N–H and O–H groups in total. The number of ether oxygens (including phenoxy) is 1. The van der Waals surface area contributed by atoms with Gasteiger partial charge in [0.15, 0.2) is 0 Å². The second kappa shape index (κ2) is 3.35. The predicted octanol–water partition coefficient (Wildman–Crippen LogP) is 1.65. The molecule has 2 aliphatic heterocycles. The van der Waals surface area contributed by atoms with Crippen molar-refractivity contribution in [2.24, 2.45) is 0 Å². The van der Waals surface area contributed by atoms with Gasteiger partial charge in [-0.2, -0.15) is 0 Å². The van der Waals surface area contributed by atoms with Gasteiger partial charge in [-0.1, -0.05) is 0 Å². The molecule has 2 nitrogen and oxygen atoms in total. The minimum absolute atomic E-state index is 0.255. The van der Waals surface area contributed by atoms with E-state index in [4.69, 9.17) is 4.74 Å². The fourth-order valence-electron chi connectivity index (χ4n) is 2.56. The van der Waals surface area contributed by atoms with Gasteiger partial charge in [0.25, 0.3) is 0 Å². The second-order valence-corrected chi connectivity index (χ2v) is 4.33. The minimum Gasteiger partial charge on any atom is -0.374 e. The zero-order valence-corrected chi connectivity index (χ0v) is 8.01. The summed E-state index contributed by atoms with van der Waals surface area (Å²) in [5.41, 5.74) is 0.255. The van der Waals surface area contributed by atoms with E-state index in [1.807, 2.05) is 0 Å². The van der Waals surface area contributed by atoms with Gasteiger partial charge in [-0.15, -0.1) is 0 Å². The Hall–Kier alpha value is -0.0800. The lowest BCUT2D eigenvalue weighted by atomic mass is 9.94. The standard InChI is InChI=1S/C10H19NO/c1-11-7-3-2-5-10(9-11)6-4-8-12-10/h2-9H2,1H3. The van der Waals surface area contributed by atoms with Crippen LogP contribution in [0.4, 0.5) is 0 Å². The molecule has 0 aromatic heterocycles. The Morgan fingerprint density at radius 3 is 2.75 bits per heavy atom. The van der Waals surface area contributed by atoms with E-state index < -0.39 is 0 Å². The normalized spacial score (nSPS) is 38.8. The molecular weight excluding hydrogens is 150 g/mol. The van der Waals surface area contributed by atoms with E-state index in [2.05, 4.69) is 11.9 Å². The molecule has 1 unspecified atom stereocenters. The molecule has 12 heavy (non-hydrogen) atoms. The summed E-state index contributed by atoms with van der Waals surface area (Å²) in [6, 6.07) is 0. The number of hydrogen-bond donors (Lipinski definition) is 0. The third-order valence-electron chi connectivity index (χ3n) is 3.17. The van der Waals surface area contributed by atoms with Gasteiger partial charge in [0.05, 0.1) is 5.60 Å². The molecule has 0 amide bonds. The molecule has 2 saturated heterocycles. The van der Waals surface area contributed by atoms with Gasteiger partial charge in [-0.05, 0) is 45.7 Å². The fourth-order valence-corrected chi connectivity index (χ4v) is 2.56. The van der Waals surface area contributed by atoms with E-state index in [1.165, 1.54) is 38.6 Å². The Kier molecular flexibility index (Phi) is 2.37. The maximum Gasteiger partial charge on any atom is 0.0809 e. The average Bonchev–Trinajstić information content (AvgIpc) is 2.39. The van der Waals surface area contributed by atoms with Gasteiger partial charge < -0.3 is 9.64 Å². The van der Waals surface area contributed by atoms with Crippen LogP contribution < -0.4 is 0 Å². The van der Waals surface area contributed by atoms with Crippen LogP contribution in [-0.2, 0) is 4.74 Å². The maximum absolute atomic E-state index is 5.89. The summed E-state index contributed by atoms with van der Waals surface area (Å²) in [6.45, 7) is 3.41. The lowest BCUT2D eigenvalue weighted by molar-refractivity contribution is -0.0169. The smallest absolute Gasteiger partial charge is 0.0809 e. The molecule has 0 saturated carbocycles. The van der Waals surface area contributed by atoms with Crippen LogP contribution in [0.2, 0.25) is 0 Å². The van der Waals surface area contributed by atoms with Crippen molar-refractivity contribution in [3.63, 3.8) is 0 Å². The van der Waals surface area contributed by atoms with E-state index in [9.17, 15) is 0 Å². The molecule has 0 radical (unpaired) electrons. The van der Waals surface area contributed by atoms with Crippen molar-refractivity contribution in [3.05, 3.63) is 0 Å². The van der Waals surface area contributed by atoms with E-state index in [-0.39, 0.29) is 5.60 Å². The van der Waals surface area contributed by atoms with Crippen LogP contribution in [0.3, 0.4) is 0 Å². The predicted molar refractivity (Wildman–Crippen MR) is 49.3 cm³/mol. The maximum atomic E-state index is 5.89. The van der Waals surface area contributed by atoms with Crippen molar-refractivity contribution in [3.8, 4) is 0 Å². The van der Waals surface area contributed by atoms with Gasteiger partial charge >= 0.3 is 0 Å². The van der Waals surface area contributed by atoms with Crippen LogP contribution in [0.15, 0.2) is 0 Å². The lowest BCUT2D eigenvalue weighted by Crippen LogP contribution is -2.39. The molecule has 2 heterocycles. The zero-order valence-electron chi connectivity index (χ0n) is 8.01. The van der Waals surface area contributed by atoms with Gasteiger partial charge in [-0.25, -0.2) is 0 Å². The third kappa shape index (κ3) is 1.64. The van der Waals surface area contributed by atoms with E-state index in [0.29, 0.717) is 0 Å². The molecule has 0 aliphatic carbocycles. The third-order valence-corrected chi connectivity index (χ3v) is 3.17. The molecule has 0 aromatic carbocycles. The summed E-state index contributed by atoms with van der Waals surface area (Å²) in [4.78, 5) is 2.43. The van der Waals surface area contributed by atoms with Crippen molar-refractivity contribution in [2.75, 3.05) is 26.7 Å². The monoisotopic (exact) mass is 169 g/mol. The van der Waals surface area contributed by atoms with Gasteiger partial charge in [0.1, 0.15) is 0 Å². The van der Waals surface area contributed by atoms with E-state index >= 15 is 0 Å².